The van der Waals surface area contributed by atoms with Crippen LogP contribution in [0.3, 0.4) is 0 Å². The maximum atomic E-state index is 11.3. The van der Waals surface area contributed by atoms with E-state index in [-0.39, 0.29) is 5.25 Å². The number of benzene rings is 1. The Balaban J connectivity index is 3.11. The van der Waals surface area contributed by atoms with E-state index in [1.54, 1.807) is 6.07 Å². The van der Waals surface area contributed by atoms with Gasteiger partial charge in [0, 0.05) is 12.3 Å². The second kappa shape index (κ2) is 4.45. The minimum atomic E-state index is -3.19. The third-order valence-corrected chi connectivity index (χ3v) is 3.72. The van der Waals surface area contributed by atoms with Crippen LogP contribution in [-0.2, 0) is 10.0 Å². The average Bonchev–Trinajstić information content (AvgIpc) is 2.15. The summed E-state index contributed by atoms with van der Waals surface area (Å²) in [5.74, 6) is 0. The number of nitrogens with zero attached hydrogens (tertiary/aromatic N) is 1. The Morgan fingerprint density at radius 3 is 2.47 bits per heavy atom. The highest BCUT2D eigenvalue weighted by Crippen LogP contribution is 2.24. The minimum absolute atomic E-state index is 0.0953. The minimum Gasteiger partial charge on any atom is -0.274 e. The number of anilines is 1. The van der Waals surface area contributed by atoms with Gasteiger partial charge in [-0.3, -0.25) is 4.31 Å². The Kier molecular flexibility index (Phi) is 3.67. The summed E-state index contributed by atoms with van der Waals surface area (Å²) in [5, 5.41) is 0.0953. The molecule has 0 saturated heterocycles. The van der Waals surface area contributed by atoms with E-state index in [4.69, 9.17) is 0 Å². The highest BCUT2D eigenvalue weighted by Gasteiger charge is 2.12. The molecule has 0 aromatic heterocycles. The molecule has 15 heavy (non-hydrogen) atoms. The van der Waals surface area contributed by atoms with Gasteiger partial charge in [0.1, 0.15) is 0 Å². The van der Waals surface area contributed by atoms with Gasteiger partial charge in [0.15, 0.2) is 0 Å². The summed E-state index contributed by atoms with van der Waals surface area (Å²) in [6.45, 7) is 1.95. The molecule has 0 aliphatic rings. The van der Waals surface area contributed by atoms with Gasteiger partial charge < -0.3 is 0 Å². The van der Waals surface area contributed by atoms with Crippen LogP contribution < -0.4 is 4.31 Å². The molecular formula is C10H15NO2S2. The summed E-state index contributed by atoms with van der Waals surface area (Å²) < 4.78 is 23.9. The molecule has 0 aliphatic carbocycles. The fourth-order valence-electron chi connectivity index (χ4n) is 1.17. The second-order valence-electron chi connectivity index (χ2n) is 3.50. The van der Waals surface area contributed by atoms with Crippen LogP contribution in [0.5, 0.6) is 0 Å². The van der Waals surface area contributed by atoms with Gasteiger partial charge in [-0.05, 0) is 24.6 Å². The lowest BCUT2D eigenvalue weighted by Crippen LogP contribution is -2.24. The first kappa shape index (κ1) is 12.4. The Hall–Kier alpha value is -0.680. The van der Waals surface area contributed by atoms with Gasteiger partial charge >= 0.3 is 0 Å². The molecule has 0 radical (unpaired) electrons. The van der Waals surface area contributed by atoms with Gasteiger partial charge in [-0.15, -0.1) is 0 Å². The summed E-state index contributed by atoms with van der Waals surface area (Å²) >= 11 is 4.31. The molecular weight excluding hydrogens is 230 g/mol. The van der Waals surface area contributed by atoms with Crippen molar-refractivity contribution in [2.45, 2.75) is 12.2 Å². The van der Waals surface area contributed by atoms with Crippen molar-refractivity contribution in [2.75, 3.05) is 17.6 Å². The van der Waals surface area contributed by atoms with Crippen molar-refractivity contribution in [3.05, 3.63) is 29.8 Å². The molecule has 1 aromatic rings. The number of hydrogen-bond donors (Lipinski definition) is 1. The topological polar surface area (TPSA) is 37.4 Å². The standard InChI is InChI=1S/C10H15NO2S2/c1-8(14)9-5-4-6-10(7-9)11(2)15(3,12)13/h4-8,14H,1-3H3. The Labute approximate surface area is 96.6 Å². The molecule has 0 bridgehead atoms. The predicted molar refractivity (Wildman–Crippen MR) is 67.1 cm³/mol. The number of sulfonamides is 1. The summed E-state index contributed by atoms with van der Waals surface area (Å²) in [6.07, 6.45) is 1.18. The van der Waals surface area contributed by atoms with E-state index < -0.39 is 10.0 Å². The summed E-state index contributed by atoms with van der Waals surface area (Å²) in [7, 11) is -1.65. The molecule has 0 fully saturated rings. The van der Waals surface area contributed by atoms with Gasteiger partial charge in [0.05, 0.1) is 11.9 Å². The zero-order chi connectivity index (χ0) is 11.6. The summed E-state index contributed by atoms with van der Waals surface area (Å²) in [6, 6.07) is 7.36. The molecule has 0 aliphatic heterocycles. The second-order valence-corrected chi connectivity index (χ2v) is 6.29. The van der Waals surface area contributed by atoms with E-state index in [2.05, 4.69) is 12.6 Å². The van der Waals surface area contributed by atoms with Crippen LogP contribution in [0.1, 0.15) is 17.7 Å². The first-order valence-electron chi connectivity index (χ1n) is 4.54. The monoisotopic (exact) mass is 245 g/mol. The van der Waals surface area contributed by atoms with Crippen molar-refractivity contribution < 1.29 is 8.42 Å². The van der Waals surface area contributed by atoms with E-state index >= 15 is 0 Å². The maximum Gasteiger partial charge on any atom is 0.231 e. The Morgan fingerprint density at radius 2 is 2.00 bits per heavy atom. The van der Waals surface area contributed by atoms with E-state index in [1.165, 1.54) is 17.6 Å². The summed E-state index contributed by atoms with van der Waals surface area (Å²) in [5.41, 5.74) is 1.67. The van der Waals surface area contributed by atoms with Crippen molar-refractivity contribution in [2.24, 2.45) is 0 Å². The van der Waals surface area contributed by atoms with Crippen molar-refractivity contribution in [3.8, 4) is 0 Å². The fraction of sp³-hybridized carbons (Fsp3) is 0.400. The smallest absolute Gasteiger partial charge is 0.231 e. The zero-order valence-corrected chi connectivity index (χ0v) is 10.7. The number of hydrogen-bond acceptors (Lipinski definition) is 3. The molecule has 0 amide bonds. The lowest BCUT2D eigenvalue weighted by Gasteiger charge is -2.17. The van der Waals surface area contributed by atoms with Crippen LogP contribution in [0.25, 0.3) is 0 Å². The number of thiol groups is 1. The molecule has 1 unspecified atom stereocenters. The fourth-order valence-corrected chi connectivity index (χ4v) is 1.83. The first-order chi connectivity index (χ1) is 6.82. The van der Waals surface area contributed by atoms with Gasteiger partial charge in [-0.2, -0.15) is 12.6 Å². The van der Waals surface area contributed by atoms with E-state index in [0.717, 1.165) is 5.56 Å². The molecule has 0 N–H and O–H groups in total. The van der Waals surface area contributed by atoms with Crippen LogP contribution >= 0.6 is 12.6 Å². The SMILES string of the molecule is CC(S)c1cccc(N(C)S(C)(=O)=O)c1. The highest BCUT2D eigenvalue weighted by atomic mass is 32.2. The van der Waals surface area contributed by atoms with Crippen molar-refractivity contribution in [1.29, 1.82) is 0 Å². The highest BCUT2D eigenvalue weighted by molar-refractivity contribution is 7.92. The van der Waals surface area contributed by atoms with Crippen LogP contribution in [-0.4, -0.2) is 21.7 Å². The first-order valence-corrected chi connectivity index (χ1v) is 6.91. The molecule has 1 atom stereocenters. The largest absolute Gasteiger partial charge is 0.274 e. The molecule has 84 valence electrons. The summed E-state index contributed by atoms with van der Waals surface area (Å²) in [4.78, 5) is 0. The predicted octanol–water partition coefficient (Wildman–Crippen LogP) is 2.07. The average molecular weight is 245 g/mol. The number of rotatable bonds is 3. The van der Waals surface area contributed by atoms with Gasteiger partial charge in [0.2, 0.25) is 10.0 Å². The van der Waals surface area contributed by atoms with Crippen LogP contribution in [0, 0.1) is 0 Å². The Bertz CT molecular complexity index is 440. The molecule has 3 nitrogen and oxygen atoms in total. The van der Waals surface area contributed by atoms with E-state index in [9.17, 15) is 8.42 Å². The van der Waals surface area contributed by atoms with Gasteiger partial charge in [-0.25, -0.2) is 8.42 Å². The molecule has 5 heteroatoms. The van der Waals surface area contributed by atoms with Crippen LogP contribution in [0.4, 0.5) is 5.69 Å². The molecule has 1 rings (SSSR count). The zero-order valence-electron chi connectivity index (χ0n) is 9.01. The third kappa shape index (κ3) is 3.14. The van der Waals surface area contributed by atoms with E-state index in [0.29, 0.717) is 5.69 Å². The van der Waals surface area contributed by atoms with Gasteiger partial charge in [0.25, 0.3) is 0 Å². The molecule has 1 aromatic carbocycles. The maximum absolute atomic E-state index is 11.3. The normalized spacial score (nSPS) is 13.6. The van der Waals surface area contributed by atoms with Crippen molar-refractivity contribution in [1.82, 2.24) is 0 Å². The molecule has 0 spiro atoms. The van der Waals surface area contributed by atoms with Gasteiger partial charge in [-0.1, -0.05) is 12.1 Å². The van der Waals surface area contributed by atoms with Crippen molar-refractivity contribution >= 4 is 28.3 Å². The molecule has 0 heterocycles. The molecule has 0 saturated carbocycles. The van der Waals surface area contributed by atoms with Crippen LogP contribution in [0.2, 0.25) is 0 Å². The van der Waals surface area contributed by atoms with Crippen LogP contribution in [0.15, 0.2) is 24.3 Å². The van der Waals surface area contributed by atoms with Crippen molar-refractivity contribution in [3.63, 3.8) is 0 Å². The Morgan fingerprint density at radius 1 is 1.40 bits per heavy atom. The van der Waals surface area contributed by atoms with E-state index in [1.807, 2.05) is 25.1 Å². The quantitative estimate of drug-likeness (QED) is 0.828. The third-order valence-electron chi connectivity index (χ3n) is 2.21. The lowest BCUT2D eigenvalue weighted by atomic mass is 10.1. The lowest BCUT2D eigenvalue weighted by molar-refractivity contribution is 0.600.